The van der Waals surface area contributed by atoms with Crippen molar-refractivity contribution >= 4 is 15.7 Å². The van der Waals surface area contributed by atoms with Crippen LogP contribution in [0.3, 0.4) is 0 Å². The first kappa shape index (κ1) is 13.6. The van der Waals surface area contributed by atoms with Crippen molar-refractivity contribution in [3.63, 3.8) is 0 Å². The minimum Gasteiger partial charge on any atom is -0.350 e. The van der Waals surface area contributed by atoms with Crippen molar-refractivity contribution < 1.29 is 17.6 Å². The van der Waals surface area contributed by atoms with E-state index in [1.54, 1.807) is 0 Å². The zero-order valence-corrected chi connectivity index (χ0v) is 10.1. The SMILES string of the molecule is CCS(=O)(=O)CCNC(=O)c1cccc(F)n1. The highest BCUT2D eigenvalue weighted by Crippen LogP contribution is 1.97. The van der Waals surface area contributed by atoms with Crippen LogP contribution in [-0.4, -0.2) is 37.4 Å². The lowest BCUT2D eigenvalue weighted by molar-refractivity contribution is 0.0950. The predicted octanol–water partition coefficient (Wildman–Crippen LogP) is 0.385. The van der Waals surface area contributed by atoms with E-state index in [2.05, 4.69) is 10.3 Å². The molecule has 0 bridgehead atoms. The second kappa shape index (κ2) is 5.72. The van der Waals surface area contributed by atoms with Gasteiger partial charge < -0.3 is 5.32 Å². The lowest BCUT2D eigenvalue weighted by Gasteiger charge is -2.04. The molecule has 0 saturated heterocycles. The normalized spacial score (nSPS) is 11.2. The predicted molar refractivity (Wildman–Crippen MR) is 60.9 cm³/mol. The maximum atomic E-state index is 12.7. The molecular weight excluding hydrogens is 247 g/mol. The molecule has 1 amide bonds. The van der Waals surface area contributed by atoms with E-state index in [0.29, 0.717) is 0 Å². The summed E-state index contributed by atoms with van der Waals surface area (Å²) in [6.07, 6.45) is 0. The Hall–Kier alpha value is -1.50. The second-order valence-electron chi connectivity index (χ2n) is 3.34. The lowest BCUT2D eigenvalue weighted by atomic mass is 10.3. The second-order valence-corrected chi connectivity index (χ2v) is 5.81. The maximum Gasteiger partial charge on any atom is 0.270 e. The maximum absolute atomic E-state index is 12.7. The first-order valence-corrected chi connectivity index (χ1v) is 6.88. The molecule has 1 aromatic rings. The number of nitrogens with one attached hydrogen (secondary N) is 1. The van der Waals surface area contributed by atoms with Crippen LogP contribution in [0.4, 0.5) is 4.39 Å². The van der Waals surface area contributed by atoms with Gasteiger partial charge in [0.05, 0.1) is 5.75 Å². The van der Waals surface area contributed by atoms with E-state index in [9.17, 15) is 17.6 Å². The number of nitrogens with zero attached hydrogens (tertiary/aromatic N) is 1. The van der Waals surface area contributed by atoms with Gasteiger partial charge in [-0.1, -0.05) is 13.0 Å². The third-order valence-electron chi connectivity index (χ3n) is 2.09. The molecule has 0 unspecified atom stereocenters. The van der Waals surface area contributed by atoms with Gasteiger partial charge >= 0.3 is 0 Å². The van der Waals surface area contributed by atoms with Gasteiger partial charge in [0.2, 0.25) is 5.95 Å². The molecule has 0 fully saturated rings. The van der Waals surface area contributed by atoms with Crippen LogP contribution < -0.4 is 5.32 Å². The molecule has 0 atom stereocenters. The van der Waals surface area contributed by atoms with Gasteiger partial charge in [0.15, 0.2) is 9.84 Å². The van der Waals surface area contributed by atoms with Crippen LogP contribution in [0.5, 0.6) is 0 Å². The highest BCUT2D eigenvalue weighted by atomic mass is 32.2. The van der Waals surface area contributed by atoms with E-state index >= 15 is 0 Å². The van der Waals surface area contributed by atoms with Gasteiger partial charge in [0.1, 0.15) is 5.69 Å². The molecular formula is C10H13FN2O3S. The molecule has 0 saturated carbocycles. The molecule has 0 aliphatic carbocycles. The van der Waals surface area contributed by atoms with Gasteiger partial charge in [0.25, 0.3) is 5.91 Å². The van der Waals surface area contributed by atoms with E-state index in [4.69, 9.17) is 0 Å². The Bertz CT molecular complexity index is 502. The van der Waals surface area contributed by atoms with Crippen molar-refractivity contribution in [1.29, 1.82) is 0 Å². The number of pyridine rings is 1. The molecule has 94 valence electrons. The summed E-state index contributed by atoms with van der Waals surface area (Å²) in [5.41, 5.74) is -0.0705. The van der Waals surface area contributed by atoms with Gasteiger partial charge in [-0.3, -0.25) is 4.79 Å². The molecule has 0 aliphatic heterocycles. The number of aromatic nitrogens is 1. The van der Waals surface area contributed by atoms with E-state index in [-0.39, 0.29) is 23.7 Å². The zero-order chi connectivity index (χ0) is 12.9. The summed E-state index contributed by atoms with van der Waals surface area (Å²) in [6, 6.07) is 3.84. The largest absolute Gasteiger partial charge is 0.350 e. The average Bonchev–Trinajstić information content (AvgIpc) is 2.28. The number of carbonyl (C=O) groups excluding carboxylic acids is 1. The van der Waals surface area contributed by atoms with E-state index in [0.717, 1.165) is 6.07 Å². The molecule has 0 aromatic carbocycles. The topological polar surface area (TPSA) is 76.1 Å². The number of sulfone groups is 1. The number of rotatable bonds is 5. The first-order chi connectivity index (χ1) is 7.94. The molecule has 17 heavy (non-hydrogen) atoms. The van der Waals surface area contributed by atoms with Crippen molar-refractivity contribution in [3.8, 4) is 0 Å². The fourth-order valence-electron chi connectivity index (χ4n) is 1.09. The van der Waals surface area contributed by atoms with Crippen LogP contribution >= 0.6 is 0 Å². The number of carbonyl (C=O) groups is 1. The van der Waals surface area contributed by atoms with Crippen LogP contribution in [0.15, 0.2) is 18.2 Å². The molecule has 5 nitrogen and oxygen atoms in total. The molecule has 0 radical (unpaired) electrons. The number of amides is 1. The summed E-state index contributed by atoms with van der Waals surface area (Å²) in [5, 5.41) is 2.37. The van der Waals surface area contributed by atoms with Gasteiger partial charge in [-0.2, -0.15) is 4.39 Å². The number of hydrogen-bond acceptors (Lipinski definition) is 4. The molecule has 1 N–H and O–H groups in total. The van der Waals surface area contributed by atoms with Crippen LogP contribution in [0, 0.1) is 5.95 Å². The quantitative estimate of drug-likeness (QED) is 0.777. The van der Waals surface area contributed by atoms with Gasteiger partial charge in [-0.15, -0.1) is 0 Å². The summed E-state index contributed by atoms with van der Waals surface area (Å²) in [6.45, 7) is 1.53. The Morgan fingerprint density at radius 2 is 2.18 bits per heavy atom. The van der Waals surface area contributed by atoms with Crippen molar-refractivity contribution in [2.45, 2.75) is 6.92 Å². The average molecular weight is 260 g/mol. The Morgan fingerprint density at radius 3 is 2.76 bits per heavy atom. The standard InChI is InChI=1S/C10H13FN2O3S/c1-2-17(15,16)7-6-12-10(14)8-4-3-5-9(11)13-8/h3-5H,2,6-7H2,1H3,(H,12,14). The Kier molecular flexibility index (Phi) is 4.56. The fraction of sp³-hybridized carbons (Fsp3) is 0.400. The van der Waals surface area contributed by atoms with Crippen LogP contribution in [0.25, 0.3) is 0 Å². The lowest BCUT2D eigenvalue weighted by Crippen LogP contribution is -2.30. The summed E-state index contributed by atoms with van der Waals surface area (Å²) in [4.78, 5) is 14.8. The van der Waals surface area contributed by atoms with E-state index < -0.39 is 21.7 Å². The first-order valence-electron chi connectivity index (χ1n) is 5.06. The summed E-state index contributed by atoms with van der Waals surface area (Å²) in [5.74, 6) is -1.44. The molecule has 0 spiro atoms. The monoisotopic (exact) mass is 260 g/mol. The summed E-state index contributed by atoms with van der Waals surface area (Å²) >= 11 is 0. The highest BCUT2D eigenvalue weighted by Gasteiger charge is 2.10. The number of hydrogen-bond donors (Lipinski definition) is 1. The van der Waals surface area contributed by atoms with Crippen molar-refractivity contribution in [3.05, 3.63) is 29.8 Å². The minimum atomic E-state index is -3.11. The number of halogens is 1. The molecule has 7 heteroatoms. The van der Waals surface area contributed by atoms with Crippen molar-refractivity contribution in [1.82, 2.24) is 10.3 Å². The van der Waals surface area contributed by atoms with Crippen molar-refractivity contribution in [2.24, 2.45) is 0 Å². The van der Waals surface area contributed by atoms with Gasteiger partial charge in [0, 0.05) is 12.3 Å². The summed E-state index contributed by atoms with van der Waals surface area (Å²) in [7, 11) is -3.11. The molecule has 1 heterocycles. The summed E-state index contributed by atoms with van der Waals surface area (Å²) < 4.78 is 35.0. The van der Waals surface area contributed by atoms with Gasteiger partial charge in [-0.05, 0) is 12.1 Å². The Morgan fingerprint density at radius 1 is 1.47 bits per heavy atom. The van der Waals surface area contributed by atoms with Crippen LogP contribution in [0.2, 0.25) is 0 Å². The highest BCUT2D eigenvalue weighted by molar-refractivity contribution is 7.91. The fourth-order valence-corrected chi connectivity index (χ4v) is 1.79. The molecule has 1 rings (SSSR count). The van der Waals surface area contributed by atoms with Crippen molar-refractivity contribution in [2.75, 3.05) is 18.1 Å². The third kappa shape index (κ3) is 4.48. The van der Waals surface area contributed by atoms with Gasteiger partial charge in [-0.25, -0.2) is 13.4 Å². The van der Waals surface area contributed by atoms with Crippen LogP contribution in [0.1, 0.15) is 17.4 Å². The Labute approximate surface area is 99.0 Å². The third-order valence-corrected chi connectivity index (χ3v) is 3.79. The van der Waals surface area contributed by atoms with Crippen LogP contribution in [-0.2, 0) is 9.84 Å². The molecule has 0 aliphatic rings. The van der Waals surface area contributed by atoms with E-state index in [1.807, 2.05) is 0 Å². The zero-order valence-electron chi connectivity index (χ0n) is 9.31. The minimum absolute atomic E-state index is 0.00675. The molecule has 1 aromatic heterocycles. The Balaban J connectivity index is 2.51. The van der Waals surface area contributed by atoms with E-state index in [1.165, 1.54) is 19.1 Å². The smallest absolute Gasteiger partial charge is 0.270 e.